The summed E-state index contributed by atoms with van der Waals surface area (Å²) in [6, 6.07) is 2.46. The Hall–Kier alpha value is -3.37. The molecule has 26 heavy (non-hydrogen) atoms. The van der Waals surface area contributed by atoms with Crippen molar-refractivity contribution in [3.05, 3.63) is 22.2 Å². The smallest absolute Gasteiger partial charge is 0.354 e. The van der Waals surface area contributed by atoms with Crippen LogP contribution in [0.4, 0.5) is 11.4 Å². The highest BCUT2D eigenvalue weighted by atomic mass is 16.6. The van der Waals surface area contributed by atoms with Crippen LogP contribution in [0, 0.1) is 10.1 Å². The van der Waals surface area contributed by atoms with Gasteiger partial charge in [0.25, 0.3) is 5.69 Å². The summed E-state index contributed by atoms with van der Waals surface area (Å²) in [6.45, 7) is 0. The molecule has 0 aromatic heterocycles. The number of hydrogen-bond donors (Lipinski definition) is 1. The van der Waals surface area contributed by atoms with E-state index < -0.39 is 16.9 Å². The largest absolute Gasteiger partial charge is 0.493 e. The summed E-state index contributed by atoms with van der Waals surface area (Å²) >= 11 is 0. The van der Waals surface area contributed by atoms with Crippen molar-refractivity contribution in [2.75, 3.05) is 33.9 Å². The van der Waals surface area contributed by atoms with E-state index in [2.05, 4.69) is 20.0 Å². The Morgan fingerprint density at radius 3 is 2.19 bits per heavy atom. The van der Waals surface area contributed by atoms with Gasteiger partial charge in [-0.15, -0.1) is 0 Å². The standard InChI is InChI=1S/C15H19N3O8/c1-23-12-7-10(11(18(21)22)8-13(12)24-2)17-16-9(15(20)26-4)5-6-14(19)25-3/h7-8,17H,5-6H2,1-4H3/b16-9-. The average molecular weight is 369 g/mol. The third-order valence-electron chi connectivity index (χ3n) is 3.22. The van der Waals surface area contributed by atoms with E-state index in [0.717, 1.165) is 13.2 Å². The highest BCUT2D eigenvalue weighted by Crippen LogP contribution is 2.37. The molecule has 0 spiro atoms. The number of nitro benzene ring substituents is 1. The lowest BCUT2D eigenvalue weighted by Crippen LogP contribution is -2.19. The SMILES string of the molecule is COC(=O)CC/C(=N/Nc1cc(OC)c(OC)cc1[N+](=O)[O-])C(=O)OC. The molecular formula is C15H19N3O8. The van der Waals surface area contributed by atoms with Crippen molar-refractivity contribution in [1.82, 2.24) is 0 Å². The molecule has 0 heterocycles. The monoisotopic (exact) mass is 369 g/mol. The number of anilines is 1. The Balaban J connectivity index is 3.19. The number of hydrazone groups is 1. The number of carbonyl (C=O) groups is 2. The van der Waals surface area contributed by atoms with E-state index in [1.165, 1.54) is 27.4 Å². The fraction of sp³-hybridized carbons (Fsp3) is 0.400. The minimum Gasteiger partial charge on any atom is -0.493 e. The minimum atomic E-state index is -0.787. The second kappa shape index (κ2) is 9.81. The molecule has 1 N–H and O–H groups in total. The quantitative estimate of drug-likeness (QED) is 0.297. The molecule has 0 fully saturated rings. The summed E-state index contributed by atoms with van der Waals surface area (Å²) in [6.07, 6.45) is -0.187. The molecule has 0 aliphatic heterocycles. The van der Waals surface area contributed by atoms with Crippen molar-refractivity contribution in [3.63, 3.8) is 0 Å². The summed E-state index contributed by atoms with van der Waals surface area (Å²) < 4.78 is 19.2. The third-order valence-corrected chi connectivity index (χ3v) is 3.22. The molecule has 0 saturated heterocycles. The Morgan fingerprint density at radius 1 is 1.08 bits per heavy atom. The zero-order valence-electron chi connectivity index (χ0n) is 14.7. The lowest BCUT2D eigenvalue weighted by molar-refractivity contribution is -0.384. The zero-order valence-corrected chi connectivity index (χ0v) is 14.7. The Labute approximate surface area is 149 Å². The lowest BCUT2D eigenvalue weighted by atomic mass is 10.2. The predicted octanol–water partition coefficient (Wildman–Crippen LogP) is 1.51. The van der Waals surface area contributed by atoms with Gasteiger partial charge in [0, 0.05) is 12.5 Å². The van der Waals surface area contributed by atoms with E-state index >= 15 is 0 Å². The molecule has 0 aliphatic carbocycles. The molecule has 1 aromatic carbocycles. The number of ether oxygens (including phenoxy) is 4. The van der Waals surface area contributed by atoms with Crippen LogP contribution in [0.3, 0.4) is 0 Å². The topological polar surface area (TPSA) is 139 Å². The summed E-state index contributed by atoms with van der Waals surface area (Å²) in [5.74, 6) is -0.944. The molecule has 0 unspecified atom stereocenters. The molecule has 0 atom stereocenters. The maximum atomic E-state index is 11.8. The van der Waals surface area contributed by atoms with Crippen LogP contribution in [0.5, 0.6) is 11.5 Å². The molecule has 0 radical (unpaired) electrons. The van der Waals surface area contributed by atoms with Gasteiger partial charge < -0.3 is 18.9 Å². The molecule has 0 amide bonds. The van der Waals surface area contributed by atoms with Crippen LogP contribution in [0.25, 0.3) is 0 Å². The first-order valence-corrected chi connectivity index (χ1v) is 7.26. The summed E-state index contributed by atoms with van der Waals surface area (Å²) in [5.41, 5.74) is 1.92. The number of nitrogens with zero attached hydrogens (tertiary/aromatic N) is 2. The predicted molar refractivity (Wildman–Crippen MR) is 90.5 cm³/mol. The van der Waals surface area contributed by atoms with E-state index in [1.54, 1.807) is 0 Å². The maximum absolute atomic E-state index is 11.8. The normalized spacial score (nSPS) is 10.7. The second-order valence-electron chi connectivity index (χ2n) is 4.72. The molecule has 1 rings (SSSR count). The number of carbonyl (C=O) groups excluding carboxylic acids is 2. The van der Waals surface area contributed by atoms with Crippen molar-refractivity contribution in [2.45, 2.75) is 12.8 Å². The molecular weight excluding hydrogens is 350 g/mol. The van der Waals surface area contributed by atoms with Crippen LogP contribution < -0.4 is 14.9 Å². The summed E-state index contributed by atoms with van der Waals surface area (Å²) in [7, 11) is 5.07. The number of hydrogen-bond acceptors (Lipinski definition) is 10. The molecule has 11 heteroatoms. The van der Waals surface area contributed by atoms with Gasteiger partial charge in [0.05, 0.1) is 45.8 Å². The molecule has 0 bridgehead atoms. The molecule has 0 saturated carbocycles. The van der Waals surface area contributed by atoms with Crippen LogP contribution in [-0.2, 0) is 19.1 Å². The number of esters is 2. The van der Waals surface area contributed by atoms with Gasteiger partial charge in [-0.25, -0.2) is 4.79 Å². The van der Waals surface area contributed by atoms with Crippen LogP contribution in [-0.4, -0.2) is 51.0 Å². The van der Waals surface area contributed by atoms with Crippen LogP contribution in [0.15, 0.2) is 17.2 Å². The van der Waals surface area contributed by atoms with Crippen molar-refractivity contribution in [2.24, 2.45) is 5.10 Å². The van der Waals surface area contributed by atoms with E-state index in [4.69, 9.17) is 9.47 Å². The first-order valence-electron chi connectivity index (χ1n) is 7.26. The van der Waals surface area contributed by atoms with Gasteiger partial charge in [-0.2, -0.15) is 5.10 Å². The van der Waals surface area contributed by atoms with Crippen molar-refractivity contribution < 1.29 is 33.5 Å². The molecule has 0 aliphatic rings. The Kier molecular flexibility index (Phi) is 7.80. The number of nitrogens with one attached hydrogen (secondary N) is 1. The molecule has 11 nitrogen and oxygen atoms in total. The van der Waals surface area contributed by atoms with Gasteiger partial charge in [-0.3, -0.25) is 20.3 Å². The fourth-order valence-corrected chi connectivity index (χ4v) is 1.88. The summed E-state index contributed by atoms with van der Waals surface area (Å²) in [4.78, 5) is 33.6. The number of methoxy groups -OCH3 is 4. The van der Waals surface area contributed by atoms with Crippen molar-refractivity contribution in [3.8, 4) is 11.5 Å². The van der Waals surface area contributed by atoms with Crippen LogP contribution in [0.1, 0.15) is 12.8 Å². The third kappa shape index (κ3) is 5.33. The van der Waals surface area contributed by atoms with Gasteiger partial charge in [0.1, 0.15) is 11.4 Å². The number of benzene rings is 1. The first kappa shape index (κ1) is 20.7. The average Bonchev–Trinajstić information content (AvgIpc) is 2.66. The van der Waals surface area contributed by atoms with Crippen molar-refractivity contribution >= 4 is 29.0 Å². The molecule has 1 aromatic rings. The first-order chi connectivity index (χ1) is 12.4. The zero-order chi connectivity index (χ0) is 19.7. The van der Waals surface area contributed by atoms with Gasteiger partial charge in [-0.05, 0) is 0 Å². The maximum Gasteiger partial charge on any atom is 0.354 e. The van der Waals surface area contributed by atoms with Gasteiger partial charge in [-0.1, -0.05) is 0 Å². The minimum absolute atomic E-state index is 0.0351. The van der Waals surface area contributed by atoms with Crippen LogP contribution >= 0.6 is 0 Å². The fourth-order valence-electron chi connectivity index (χ4n) is 1.88. The van der Waals surface area contributed by atoms with E-state index in [1.807, 2.05) is 0 Å². The highest BCUT2D eigenvalue weighted by molar-refractivity contribution is 6.36. The summed E-state index contributed by atoms with van der Waals surface area (Å²) in [5, 5.41) is 15.1. The van der Waals surface area contributed by atoms with E-state index in [-0.39, 0.29) is 41.4 Å². The van der Waals surface area contributed by atoms with Gasteiger partial charge in [0.15, 0.2) is 11.5 Å². The Morgan fingerprint density at radius 2 is 1.69 bits per heavy atom. The van der Waals surface area contributed by atoms with Gasteiger partial charge >= 0.3 is 11.9 Å². The highest BCUT2D eigenvalue weighted by Gasteiger charge is 2.21. The Bertz CT molecular complexity index is 717. The van der Waals surface area contributed by atoms with E-state index in [9.17, 15) is 19.7 Å². The van der Waals surface area contributed by atoms with Gasteiger partial charge in [0.2, 0.25) is 0 Å². The lowest BCUT2D eigenvalue weighted by Gasteiger charge is -2.11. The second-order valence-corrected chi connectivity index (χ2v) is 4.72. The number of nitro groups is 1. The van der Waals surface area contributed by atoms with Crippen molar-refractivity contribution in [1.29, 1.82) is 0 Å². The van der Waals surface area contributed by atoms with E-state index in [0.29, 0.717) is 0 Å². The number of rotatable bonds is 9. The van der Waals surface area contributed by atoms with Crippen LogP contribution in [0.2, 0.25) is 0 Å². The molecule has 142 valence electrons.